The maximum absolute atomic E-state index is 5.70. The summed E-state index contributed by atoms with van der Waals surface area (Å²) in [6, 6.07) is 9.26. The summed E-state index contributed by atoms with van der Waals surface area (Å²) in [6.45, 7) is 3.99. The molecule has 0 aliphatic heterocycles. The number of unbranched alkanes of at least 4 members (excludes halogenated alkanes) is 1. The van der Waals surface area contributed by atoms with E-state index in [4.69, 9.17) is 4.74 Å². The van der Waals surface area contributed by atoms with Gasteiger partial charge >= 0.3 is 0 Å². The molecule has 1 aliphatic rings. The molecule has 0 atom stereocenters. The highest BCUT2D eigenvalue weighted by atomic mass is 32.2. The molecular formula is C18H29NOS. The van der Waals surface area contributed by atoms with Gasteiger partial charge in [-0.3, -0.25) is 0 Å². The first-order valence-corrected chi connectivity index (χ1v) is 9.58. The highest BCUT2D eigenvalue weighted by Gasteiger charge is 2.19. The number of benzene rings is 1. The standard InChI is InChI=1S/C18H29NOS/c1-3-4-13-20-17-9-5-15(6-10-17)14-19-16-7-11-18(21-2)12-8-16/h5-6,9-10,16,18-19H,3-4,7-8,11-14H2,1-2H3. The molecule has 0 spiro atoms. The predicted octanol–water partition coefficient (Wildman–Crippen LogP) is 4.63. The number of nitrogens with one attached hydrogen (secondary N) is 1. The molecule has 118 valence electrons. The highest BCUT2D eigenvalue weighted by molar-refractivity contribution is 7.99. The zero-order valence-corrected chi connectivity index (χ0v) is 14.3. The van der Waals surface area contributed by atoms with Gasteiger partial charge in [0.1, 0.15) is 5.75 Å². The molecule has 0 bridgehead atoms. The molecule has 0 saturated heterocycles. The van der Waals surface area contributed by atoms with Crippen LogP contribution >= 0.6 is 11.8 Å². The molecule has 0 amide bonds. The van der Waals surface area contributed by atoms with Gasteiger partial charge in [-0.05, 0) is 56.1 Å². The molecule has 0 radical (unpaired) electrons. The van der Waals surface area contributed by atoms with E-state index < -0.39 is 0 Å². The third-order valence-corrected chi connectivity index (χ3v) is 5.43. The van der Waals surface area contributed by atoms with Crippen molar-refractivity contribution < 1.29 is 4.74 Å². The van der Waals surface area contributed by atoms with Gasteiger partial charge in [-0.2, -0.15) is 11.8 Å². The van der Waals surface area contributed by atoms with Crippen LogP contribution in [0.25, 0.3) is 0 Å². The SMILES string of the molecule is CCCCOc1ccc(CNC2CCC(SC)CC2)cc1. The molecule has 1 saturated carbocycles. The molecule has 0 unspecified atom stereocenters. The van der Waals surface area contributed by atoms with Gasteiger partial charge in [-0.1, -0.05) is 25.5 Å². The molecule has 1 aromatic carbocycles. The van der Waals surface area contributed by atoms with E-state index in [0.29, 0.717) is 6.04 Å². The quantitative estimate of drug-likeness (QED) is 0.708. The van der Waals surface area contributed by atoms with Crippen molar-refractivity contribution in [2.45, 2.75) is 63.3 Å². The Morgan fingerprint density at radius 1 is 1.14 bits per heavy atom. The monoisotopic (exact) mass is 307 g/mol. The summed E-state index contributed by atoms with van der Waals surface area (Å²) >= 11 is 2.03. The normalized spacial score (nSPS) is 22.2. The van der Waals surface area contributed by atoms with Crippen molar-refractivity contribution in [3.05, 3.63) is 29.8 Å². The molecule has 0 heterocycles. The van der Waals surface area contributed by atoms with E-state index in [1.165, 1.54) is 37.7 Å². The van der Waals surface area contributed by atoms with Crippen LogP contribution in [0.2, 0.25) is 0 Å². The number of hydrogen-bond acceptors (Lipinski definition) is 3. The second-order valence-electron chi connectivity index (χ2n) is 5.94. The first kappa shape index (κ1) is 16.7. The zero-order valence-electron chi connectivity index (χ0n) is 13.4. The zero-order chi connectivity index (χ0) is 14.9. The Morgan fingerprint density at radius 3 is 2.48 bits per heavy atom. The third-order valence-electron chi connectivity index (χ3n) is 4.29. The molecule has 3 heteroatoms. The molecule has 1 aromatic rings. The Morgan fingerprint density at radius 2 is 1.86 bits per heavy atom. The van der Waals surface area contributed by atoms with Gasteiger partial charge in [-0.15, -0.1) is 0 Å². The largest absolute Gasteiger partial charge is 0.494 e. The van der Waals surface area contributed by atoms with E-state index in [2.05, 4.69) is 42.8 Å². The smallest absolute Gasteiger partial charge is 0.119 e. The van der Waals surface area contributed by atoms with Gasteiger partial charge in [0.2, 0.25) is 0 Å². The molecule has 21 heavy (non-hydrogen) atoms. The summed E-state index contributed by atoms with van der Waals surface area (Å²) < 4.78 is 5.70. The first-order valence-electron chi connectivity index (χ1n) is 8.29. The lowest BCUT2D eigenvalue weighted by atomic mass is 9.95. The molecule has 1 aliphatic carbocycles. The second-order valence-corrected chi connectivity index (χ2v) is 7.07. The van der Waals surface area contributed by atoms with Crippen LogP contribution in [0.1, 0.15) is 51.0 Å². The maximum atomic E-state index is 5.70. The summed E-state index contributed by atoms with van der Waals surface area (Å²) in [4.78, 5) is 0. The summed E-state index contributed by atoms with van der Waals surface area (Å²) in [6.07, 6.45) is 9.92. The van der Waals surface area contributed by atoms with Crippen molar-refractivity contribution in [1.29, 1.82) is 0 Å². The van der Waals surface area contributed by atoms with Crippen LogP contribution in [0, 0.1) is 0 Å². The summed E-state index contributed by atoms with van der Waals surface area (Å²) in [7, 11) is 0. The molecular weight excluding hydrogens is 278 g/mol. The molecule has 0 aromatic heterocycles. The summed E-state index contributed by atoms with van der Waals surface area (Å²) in [5.74, 6) is 0.993. The lowest BCUT2D eigenvalue weighted by molar-refractivity contribution is 0.309. The highest BCUT2D eigenvalue weighted by Crippen LogP contribution is 2.27. The average molecular weight is 308 g/mol. The van der Waals surface area contributed by atoms with Crippen LogP contribution in [0.15, 0.2) is 24.3 Å². The Bertz CT molecular complexity index is 385. The molecule has 2 nitrogen and oxygen atoms in total. The minimum atomic E-state index is 0.703. The van der Waals surface area contributed by atoms with E-state index in [-0.39, 0.29) is 0 Å². The van der Waals surface area contributed by atoms with Crippen LogP contribution in [-0.4, -0.2) is 24.2 Å². The van der Waals surface area contributed by atoms with Gasteiger partial charge in [-0.25, -0.2) is 0 Å². The Balaban J connectivity index is 1.69. The Labute approximate surface area is 134 Å². The Kier molecular flexibility index (Phi) is 7.45. The number of ether oxygens (including phenoxy) is 1. The van der Waals surface area contributed by atoms with Crippen molar-refractivity contribution in [3.8, 4) is 5.75 Å². The van der Waals surface area contributed by atoms with Gasteiger partial charge < -0.3 is 10.1 Å². The fraction of sp³-hybridized carbons (Fsp3) is 0.667. The van der Waals surface area contributed by atoms with Crippen LogP contribution in [0.3, 0.4) is 0 Å². The minimum Gasteiger partial charge on any atom is -0.494 e. The number of hydrogen-bond donors (Lipinski definition) is 1. The van der Waals surface area contributed by atoms with Crippen LogP contribution in [-0.2, 0) is 6.54 Å². The molecule has 1 N–H and O–H groups in total. The van der Waals surface area contributed by atoms with E-state index >= 15 is 0 Å². The van der Waals surface area contributed by atoms with Crippen molar-refractivity contribution in [2.75, 3.05) is 12.9 Å². The summed E-state index contributed by atoms with van der Waals surface area (Å²) in [5.41, 5.74) is 1.35. The molecule has 2 rings (SSSR count). The van der Waals surface area contributed by atoms with Crippen LogP contribution < -0.4 is 10.1 Å². The van der Waals surface area contributed by atoms with E-state index in [1.54, 1.807) is 0 Å². The van der Waals surface area contributed by atoms with Crippen molar-refractivity contribution in [2.24, 2.45) is 0 Å². The van der Waals surface area contributed by atoms with Crippen molar-refractivity contribution in [1.82, 2.24) is 5.32 Å². The van der Waals surface area contributed by atoms with Gasteiger partial charge in [0.25, 0.3) is 0 Å². The maximum Gasteiger partial charge on any atom is 0.119 e. The van der Waals surface area contributed by atoms with Crippen molar-refractivity contribution >= 4 is 11.8 Å². The molecule has 1 fully saturated rings. The predicted molar refractivity (Wildman–Crippen MR) is 93.2 cm³/mol. The summed E-state index contributed by atoms with van der Waals surface area (Å²) in [5, 5.41) is 4.60. The van der Waals surface area contributed by atoms with Gasteiger partial charge in [0, 0.05) is 17.8 Å². The third kappa shape index (κ3) is 5.91. The van der Waals surface area contributed by atoms with E-state index in [0.717, 1.165) is 30.6 Å². The van der Waals surface area contributed by atoms with Gasteiger partial charge in [0.15, 0.2) is 0 Å². The fourth-order valence-corrected chi connectivity index (χ4v) is 3.55. The van der Waals surface area contributed by atoms with Crippen molar-refractivity contribution in [3.63, 3.8) is 0 Å². The number of rotatable bonds is 8. The second kappa shape index (κ2) is 9.37. The van der Waals surface area contributed by atoms with E-state index in [1.807, 2.05) is 11.8 Å². The fourth-order valence-electron chi connectivity index (χ4n) is 2.80. The number of thioether (sulfide) groups is 1. The topological polar surface area (TPSA) is 21.3 Å². The van der Waals surface area contributed by atoms with Crippen LogP contribution in [0.5, 0.6) is 5.75 Å². The Hall–Kier alpha value is -0.670. The first-order chi connectivity index (χ1) is 10.3. The average Bonchev–Trinajstić information content (AvgIpc) is 2.55. The van der Waals surface area contributed by atoms with Gasteiger partial charge in [0.05, 0.1) is 6.61 Å². The lowest BCUT2D eigenvalue weighted by Crippen LogP contribution is -2.33. The minimum absolute atomic E-state index is 0.703. The van der Waals surface area contributed by atoms with Crippen LogP contribution in [0.4, 0.5) is 0 Å². The lowest BCUT2D eigenvalue weighted by Gasteiger charge is -2.28. The van der Waals surface area contributed by atoms with E-state index in [9.17, 15) is 0 Å².